The fourth-order valence-corrected chi connectivity index (χ4v) is 1.72. The van der Waals surface area contributed by atoms with Gasteiger partial charge in [0.05, 0.1) is 18.5 Å². The summed E-state index contributed by atoms with van der Waals surface area (Å²) in [5.41, 5.74) is 8.40. The molecule has 0 atom stereocenters. The number of halogens is 1. The molecule has 0 aliphatic heterocycles. The van der Waals surface area contributed by atoms with Crippen LogP contribution in [-0.4, -0.2) is 7.11 Å². The largest absolute Gasteiger partial charge is 0.497 e. The molecule has 0 fully saturated rings. The lowest BCUT2D eigenvalue weighted by atomic mass is 10.2. The van der Waals surface area contributed by atoms with Gasteiger partial charge in [0.2, 0.25) is 0 Å². The smallest absolute Gasteiger partial charge is 0.121 e. The molecule has 0 heterocycles. The molecule has 17 heavy (non-hydrogen) atoms. The zero-order chi connectivity index (χ0) is 12.3. The van der Waals surface area contributed by atoms with Crippen LogP contribution < -0.4 is 15.8 Å². The number of rotatable bonds is 3. The molecule has 2 aromatic carbocycles. The Kier molecular flexibility index (Phi) is 3.54. The van der Waals surface area contributed by atoms with Gasteiger partial charge in [-0.2, -0.15) is 0 Å². The average molecular weight is 293 g/mol. The van der Waals surface area contributed by atoms with Crippen LogP contribution in [0.25, 0.3) is 0 Å². The summed E-state index contributed by atoms with van der Waals surface area (Å²) < 4.78 is 6.21. The van der Waals surface area contributed by atoms with Crippen molar-refractivity contribution in [2.24, 2.45) is 0 Å². The molecule has 0 aliphatic rings. The van der Waals surface area contributed by atoms with Crippen LogP contribution in [0.2, 0.25) is 0 Å². The summed E-state index contributed by atoms with van der Waals surface area (Å²) >= 11 is 3.40. The van der Waals surface area contributed by atoms with Gasteiger partial charge in [0.15, 0.2) is 0 Å². The summed E-state index contributed by atoms with van der Waals surface area (Å²) in [6.07, 6.45) is 0. The SMILES string of the molecule is COc1ccc(N)c(Nc2ccc(Br)cc2)c1. The summed E-state index contributed by atoms with van der Waals surface area (Å²) in [5, 5.41) is 3.25. The first-order chi connectivity index (χ1) is 8.19. The standard InChI is InChI=1S/C13H13BrN2O/c1-17-11-6-7-12(15)13(8-11)16-10-4-2-9(14)3-5-10/h2-8,16H,15H2,1H3. The van der Waals surface area contributed by atoms with Gasteiger partial charge in [-0.1, -0.05) is 15.9 Å². The van der Waals surface area contributed by atoms with E-state index in [1.807, 2.05) is 42.5 Å². The van der Waals surface area contributed by atoms with Crippen LogP contribution >= 0.6 is 15.9 Å². The molecular formula is C13H13BrN2O. The fraction of sp³-hybridized carbons (Fsp3) is 0.0769. The third-order valence-electron chi connectivity index (χ3n) is 2.38. The van der Waals surface area contributed by atoms with Gasteiger partial charge in [0, 0.05) is 16.2 Å². The lowest BCUT2D eigenvalue weighted by Crippen LogP contribution is -1.96. The second-order valence-electron chi connectivity index (χ2n) is 3.59. The van der Waals surface area contributed by atoms with Gasteiger partial charge in [-0.3, -0.25) is 0 Å². The van der Waals surface area contributed by atoms with E-state index in [9.17, 15) is 0 Å². The minimum absolute atomic E-state index is 0.689. The van der Waals surface area contributed by atoms with Crippen molar-refractivity contribution in [3.63, 3.8) is 0 Å². The maximum Gasteiger partial charge on any atom is 0.121 e. The topological polar surface area (TPSA) is 47.3 Å². The van der Waals surface area contributed by atoms with Gasteiger partial charge in [0.25, 0.3) is 0 Å². The lowest BCUT2D eigenvalue weighted by Gasteiger charge is -2.11. The van der Waals surface area contributed by atoms with E-state index in [1.54, 1.807) is 7.11 Å². The number of nitrogens with one attached hydrogen (secondary N) is 1. The quantitative estimate of drug-likeness (QED) is 0.847. The first-order valence-corrected chi connectivity index (χ1v) is 5.94. The maximum atomic E-state index is 5.89. The van der Waals surface area contributed by atoms with E-state index in [4.69, 9.17) is 10.5 Å². The third-order valence-corrected chi connectivity index (χ3v) is 2.91. The highest BCUT2D eigenvalue weighted by Crippen LogP contribution is 2.28. The molecule has 0 aliphatic carbocycles. The molecule has 0 spiro atoms. The van der Waals surface area contributed by atoms with E-state index in [0.29, 0.717) is 5.69 Å². The molecule has 0 bridgehead atoms. The zero-order valence-corrected chi connectivity index (χ0v) is 11.0. The van der Waals surface area contributed by atoms with Gasteiger partial charge in [0.1, 0.15) is 5.75 Å². The van der Waals surface area contributed by atoms with Crippen molar-refractivity contribution in [3.05, 3.63) is 46.9 Å². The van der Waals surface area contributed by atoms with Crippen molar-refractivity contribution in [3.8, 4) is 5.75 Å². The Balaban J connectivity index is 2.25. The molecule has 88 valence electrons. The molecule has 0 saturated carbocycles. The predicted octanol–water partition coefficient (Wildman–Crippen LogP) is 3.78. The second-order valence-corrected chi connectivity index (χ2v) is 4.50. The van der Waals surface area contributed by atoms with Crippen molar-refractivity contribution in [1.29, 1.82) is 0 Å². The van der Waals surface area contributed by atoms with Crippen molar-refractivity contribution in [2.45, 2.75) is 0 Å². The van der Waals surface area contributed by atoms with E-state index in [1.165, 1.54) is 0 Å². The van der Waals surface area contributed by atoms with Gasteiger partial charge in [-0.15, -0.1) is 0 Å². The number of nitrogens with two attached hydrogens (primary N) is 1. The Morgan fingerprint density at radius 3 is 2.47 bits per heavy atom. The normalized spacial score (nSPS) is 10.0. The van der Waals surface area contributed by atoms with E-state index in [2.05, 4.69) is 21.2 Å². The number of hydrogen-bond acceptors (Lipinski definition) is 3. The Morgan fingerprint density at radius 2 is 1.82 bits per heavy atom. The predicted molar refractivity (Wildman–Crippen MR) is 74.8 cm³/mol. The van der Waals surface area contributed by atoms with E-state index in [0.717, 1.165) is 21.6 Å². The highest BCUT2D eigenvalue weighted by atomic mass is 79.9. The highest BCUT2D eigenvalue weighted by Gasteiger charge is 2.02. The third kappa shape index (κ3) is 2.91. The minimum atomic E-state index is 0.689. The average Bonchev–Trinajstić information content (AvgIpc) is 2.35. The van der Waals surface area contributed by atoms with Crippen molar-refractivity contribution < 1.29 is 4.74 Å². The number of nitrogen functional groups attached to an aromatic ring is 1. The summed E-state index contributed by atoms with van der Waals surface area (Å²) in [6.45, 7) is 0. The van der Waals surface area contributed by atoms with Crippen LogP contribution in [-0.2, 0) is 0 Å². The molecular weight excluding hydrogens is 280 g/mol. The number of methoxy groups -OCH3 is 1. The molecule has 0 amide bonds. The van der Waals surface area contributed by atoms with Crippen LogP contribution in [0.3, 0.4) is 0 Å². The Labute approximate surface area is 109 Å². The Hall–Kier alpha value is -1.68. The van der Waals surface area contributed by atoms with Crippen molar-refractivity contribution in [1.82, 2.24) is 0 Å². The molecule has 3 nitrogen and oxygen atoms in total. The van der Waals surface area contributed by atoms with E-state index in [-0.39, 0.29) is 0 Å². The van der Waals surface area contributed by atoms with E-state index < -0.39 is 0 Å². The highest BCUT2D eigenvalue weighted by molar-refractivity contribution is 9.10. The molecule has 0 aromatic heterocycles. The molecule has 2 rings (SSSR count). The molecule has 2 aromatic rings. The maximum absolute atomic E-state index is 5.89. The zero-order valence-electron chi connectivity index (χ0n) is 9.41. The summed E-state index contributed by atoms with van der Waals surface area (Å²) in [7, 11) is 1.63. The minimum Gasteiger partial charge on any atom is -0.497 e. The van der Waals surface area contributed by atoms with Gasteiger partial charge >= 0.3 is 0 Å². The van der Waals surface area contributed by atoms with Crippen LogP contribution in [0, 0.1) is 0 Å². The van der Waals surface area contributed by atoms with Gasteiger partial charge < -0.3 is 15.8 Å². The molecule has 3 N–H and O–H groups in total. The lowest BCUT2D eigenvalue weighted by molar-refractivity contribution is 0.415. The molecule has 0 radical (unpaired) electrons. The van der Waals surface area contributed by atoms with Gasteiger partial charge in [-0.05, 0) is 36.4 Å². The van der Waals surface area contributed by atoms with Gasteiger partial charge in [-0.25, -0.2) is 0 Å². The number of hydrogen-bond donors (Lipinski definition) is 2. The molecule has 0 saturated heterocycles. The first kappa shape index (κ1) is 11.8. The van der Waals surface area contributed by atoms with Crippen LogP contribution in [0.15, 0.2) is 46.9 Å². The second kappa shape index (κ2) is 5.10. The van der Waals surface area contributed by atoms with Crippen molar-refractivity contribution >= 4 is 33.0 Å². The van der Waals surface area contributed by atoms with Crippen molar-refractivity contribution in [2.75, 3.05) is 18.2 Å². The number of anilines is 3. The molecule has 4 heteroatoms. The summed E-state index contributed by atoms with van der Waals surface area (Å²) in [4.78, 5) is 0. The number of ether oxygens (including phenoxy) is 1. The van der Waals surface area contributed by atoms with Crippen LogP contribution in [0.5, 0.6) is 5.75 Å². The summed E-state index contributed by atoms with van der Waals surface area (Å²) in [5.74, 6) is 0.777. The Bertz CT molecular complexity index is 511. The van der Waals surface area contributed by atoms with Crippen LogP contribution in [0.1, 0.15) is 0 Å². The fourth-order valence-electron chi connectivity index (χ4n) is 1.46. The Morgan fingerprint density at radius 1 is 1.12 bits per heavy atom. The monoisotopic (exact) mass is 292 g/mol. The van der Waals surface area contributed by atoms with Crippen LogP contribution in [0.4, 0.5) is 17.1 Å². The van der Waals surface area contributed by atoms with E-state index >= 15 is 0 Å². The first-order valence-electron chi connectivity index (χ1n) is 5.15. The molecule has 0 unspecified atom stereocenters. The number of benzene rings is 2. The summed E-state index contributed by atoms with van der Waals surface area (Å²) in [6, 6.07) is 13.4.